The van der Waals surface area contributed by atoms with Gasteiger partial charge in [0.1, 0.15) is 17.5 Å². The third-order valence-corrected chi connectivity index (χ3v) is 3.91. The molecule has 0 saturated carbocycles. The van der Waals surface area contributed by atoms with Crippen LogP contribution in [0.25, 0.3) is 11.3 Å². The molecule has 0 fully saturated rings. The van der Waals surface area contributed by atoms with Crippen LogP contribution in [0.4, 0.5) is 18.9 Å². The Bertz CT molecular complexity index is 992. The molecule has 1 heterocycles. The number of hydrogen-bond donors (Lipinski definition) is 1. The number of halogens is 4. The number of nitrogens with two attached hydrogens (primary N) is 1. The van der Waals surface area contributed by atoms with Crippen molar-refractivity contribution in [3.05, 3.63) is 82.3 Å². The van der Waals surface area contributed by atoms with Gasteiger partial charge in [0.15, 0.2) is 5.78 Å². The van der Waals surface area contributed by atoms with E-state index >= 15 is 0 Å². The van der Waals surface area contributed by atoms with Crippen LogP contribution in [-0.4, -0.2) is 10.8 Å². The third-order valence-electron chi connectivity index (χ3n) is 3.60. The minimum absolute atomic E-state index is 0.0177. The first kappa shape index (κ1) is 17.0. The summed E-state index contributed by atoms with van der Waals surface area (Å²) in [7, 11) is 0. The quantitative estimate of drug-likeness (QED) is 0.691. The summed E-state index contributed by atoms with van der Waals surface area (Å²) in [6.45, 7) is 0. The van der Waals surface area contributed by atoms with E-state index in [-0.39, 0.29) is 27.5 Å². The van der Waals surface area contributed by atoms with E-state index in [1.807, 2.05) is 0 Å². The highest BCUT2D eigenvalue weighted by atomic mass is 35.5. The minimum atomic E-state index is -0.998. The second-order valence-electron chi connectivity index (χ2n) is 5.20. The van der Waals surface area contributed by atoms with Crippen LogP contribution in [-0.2, 0) is 0 Å². The third kappa shape index (κ3) is 3.21. The second-order valence-corrected chi connectivity index (χ2v) is 5.61. The molecule has 0 atom stereocenters. The lowest BCUT2D eigenvalue weighted by Crippen LogP contribution is -2.09. The van der Waals surface area contributed by atoms with Gasteiger partial charge in [0.2, 0.25) is 0 Å². The highest BCUT2D eigenvalue weighted by Crippen LogP contribution is 2.33. The molecule has 1 aromatic heterocycles. The minimum Gasteiger partial charge on any atom is -0.396 e. The first-order valence-corrected chi connectivity index (χ1v) is 7.46. The molecule has 2 aromatic carbocycles. The molecule has 0 saturated heterocycles. The molecule has 0 unspecified atom stereocenters. The number of nitrogens with zero attached hydrogens (tertiary/aromatic N) is 1. The number of pyridine rings is 1. The molecule has 0 aliphatic heterocycles. The summed E-state index contributed by atoms with van der Waals surface area (Å²) in [6.07, 6.45) is 1.31. The molecule has 7 heteroatoms. The fraction of sp³-hybridized carbons (Fsp3) is 0. The molecule has 0 aliphatic rings. The van der Waals surface area contributed by atoms with Gasteiger partial charge in [-0.3, -0.25) is 9.78 Å². The average Bonchev–Trinajstić information content (AvgIpc) is 2.55. The number of carbonyl (C=O) groups excluding carboxylic acids is 1. The fourth-order valence-electron chi connectivity index (χ4n) is 2.39. The van der Waals surface area contributed by atoms with Crippen molar-refractivity contribution in [3.63, 3.8) is 0 Å². The van der Waals surface area contributed by atoms with Gasteiger partial charge in [-0.15, -0.1) is 0 Å². The Hall–Kier alpha value is -2.86. The topological polar surface area (TPSA) is 56.0 Å². The van der Waals surface area contributed by atoms with E-state index in [0.29, 0.717) is 11.6 Å². The molecule has 0 amide bonds. The van der Waals surface area contributed by atoms with Crippen molar-refractivity contribution in [2.75, 3.05) is 5.73 Å². The van der Waals surface area contributed by atoms with E-state index in [1.165, 1.54) is 24.4 Å². The number of nitrogen functional groups attached to an aromatic ring is 1. The van der Waals surface area contributed by atoms with Gasteiger partial charge >= 0.3 is 0 Å². The van der Waals surface area contributed by atoms with E-state index < -0.39 is 23.2 Å². The molecule has 0 bridgehead atoms. The van der Waals surface area contributed by atoms with Crippen molar-refractivity contribution in [3.8, 4) is 11.3 Å². The largest absolute Gasteiger partial charge is 0.396 e. The predicted molar refractivity (Wildman–Crippen MR) is 88.8 cm³/mol. The maximum atomic E-state index is 13.9. The standard InChI is InChI=1S/C18H10ClF3N2O/c19-14-7-9(20)1-3-11(14)17-16(23)13(5-6-24-17)18(25)12-4-2-10(21)8-15(12)22/h1-8H,23H2. The van der Waals surface area contributed by atoms with Crippen molar-refractivity contribution < 1.29 is 18.0 Å². The second kappa shape index (κ2) is 6.57. The average molecular weight is 363 g/mol. The fourth-order valence-corrected chi connectivity index (χ4v) is 2.64. The Morgan fingerprint density at radius 2 is 1.64 bits per heavy atom. The zero-order valence-electron chi connectivity index (χ0n) is 12.6. The molecule has 126 valence electrons. The van der Waals surface area contributed by atoms with Crippen molar-refractivity contribution >= 4 is 23.1 Å². The van der Waals surface area contributed by atoms with Gasteiger partial charge in [0.05, 0.1) is 22.0 Å². The SMILES string of the molecule is Nc1c(C(=O)c2ccc(F)cc2F)ccnc1-c1ccc(F)cc1Cl. The highest BCUT2D eigenvalue weighted by Gasteiger charge is 2.20. The summed E-state index contributed by atoms with van der Waals surface area (Å²) in [4.78, 5) is 16.6. The number of hydrogen-bond acceptors (Lipinski definition) is 3. The van der Waals surface area contributed by atoms with Gasteiger partial charge in [-0.05, 0) is 36.4 Å². The van der Waals surface area contributed by atoms with Gasteiger partial charge < -0.3 is 5.73 Å². The number of aromatic nitrogens is 1. The predicted octanol–water partition coefficient (Wildman–Crippen LogP) is 4.63. The molecular weight excluding hydrogens is 353 g/mol. The Kier molecular flexibility index (Phi) is 4.46. The molecule has 3 nitrogen and oxygen atoms in total. The van der Waals surface area contributed by atoms with Gasteiger partial charge in [-0.25, -0.2) is 13.2 Å². The van der Waals surface area contributed by atoms with E-state index in [4.69, 9.17) is 17.3 Å². The zero-order valence-corrected chi connectivity index (χ0v) is 13.3. The van der Waals surface area contributed by atoms with Crippen LogP contribution < -0.4 is 5.73 Å². The Morgan fingerprint density at radius 3 is 2.32 bits per heavy atom. The van der Waals surface area contributed by atoms with Crippen LogP contribution in [0.3, 0.4) is 0 Å². The normalized spacial score (nSPS) is 10.7. The number of carbonyl (C=O) groups is 1. The molecule has 0 radical (unpaired) electrons. The van der Waals surface area contributed by atoms with E-state index in [2.05, 4.69) is 4.98 Å². The summed E-state index contributed by atoms with van der Waals surface area (Å²) in [5, 5.41) is 0.0664. The summed E-state index contributed by atoms with van der Waals surface area (Å²) < 4.78 is 40.1. The lowest BCUT2D eigenvalue weighted by atomic mass is 9.99. The van der Waals surface area contributed by atoms with Crippen molar-refractivity contribution in [1.29, 1.82) is 0 Å². The van der Waals surface area contributed by atoms with Crippen molar-refractivity contribution in [2.24, 2.45) is 0 Å². The lowest BCUT2D eigenvalue weighted by Gasteiger charge is -2.11. The van der Waals surface area contributed by atoms with E-state index in [9.17, 15) is 18.0 Å². The van der Waals surface area contributed by atoms with Crippen molar-refractivity contribution in [2.45, 2.75) is 0 Å². The monoisotopic (exact) mass is 362 g/mol. The molecule has 25 heavy (non-hydrogen) atoms. The molecule has 3 aromatic rings. The summed E-state index contributed by atoms with van der Waals surface area (Å²) in [6, 6.07) is 7.60. The molecule has 2 N–H and O–H groups in total. The Morgan fingerprint density at radius 1 is 0.960 bits per heavy atom. The van der Waals surface area contributed by atoms with E-state index in [1.54, 1.807) is 0 Å². The number of rotatable bonds is 3. The van der Waals surface area contributed by atoms with Gasteiger partial charge in [-0.1, -0.05) is 11.6 Å². The smallest absolute Gasteiger partial charge is 0.198 e. The summed E-state index contributed by atoms with van der Waals surface area (Å²) in [5.74, 6) is -3.05. The highest BCUT2D eigenvalue weighted by molar-refractivity contribution is 6.33. The Labute approximate surface area is 145 Å². The summed E-state index contributed by atoms with van der Waals surface area (Å²) in [5.41, 5.74) is 6.12. The first-order chi connectivity index (χ1) is 11.9. The number of anilines is 1. The molecule has 3 rings (SSSR count). The maximum absolute atomic E-state index is 13.9. The molecule has 0 aliphatic carbocycles. The first-order valence-electron chi connectivity index (χ1n) is 7.08. The maximum Gasteiger partial charge on any atom is 0.198 e. The van der Waals surface area contributed by atoms with Crippen LogP contribution in [0.2, 0.25) is 5.02 Å². The number of ketones is 1. The van der Waals surface area contributed by atoms with Crippen LogP contribution in [0.1, 0.15) is 15.9 Å². The van der Waals surface area contributed by atoms with Crippen LogP contribution in [0.15, 0.2) is 48.7 Å². The van der Waals surface area contributed by atoms with Gasteiger partial charge in [-0.2, -0.15) is 0 Å². The van der Waals surface area contributed by atoms with Crippen LogP contribution in [0, 0.1) is 17.5 Å². The zero-order chi connectivity index (χ0) is 18.1. The van der Waals surface area contributed by atoms with Gasteiger partial charge in [0.25, 0.3) is 0 Å². The Balaban J connectivity index is 2.11. The molecular formula is C18H10ClF3N2O. The molecule has 0 spiro atoms. The van der Waals surface area contributed by atoms with E-state index in [0.717, 1.165) is 18.2 Å². The summed E-state index contributed by atoms with van der Waals surface area (Å²) >= 11 is 6.01. The lowest BCUT2D eigenvalue weighted by molar-refractivity contribution is 0.103. The van der Waals surface area contributed by atoms with Gasteiger partial charge in [0, 0.05) is 23.4 Å². The van der Waals surface area contributed by atoms with Crippen LogP contribution >= 0.6 is 11.6 Å². The van der Waals surface area contributed by atoms with Crippen LogP contribution in [0.5, 0.6) is 0 Å². The van der Waals surface area contributed by atoms with Crippen molar-refractivity contribution in [1.82, 2.24) is 4.98 Å². The number of benzene rings is 2.